The number of aryl methyl sites for hydroxylation is 1. The Morgan fingerprint density at radius 3 is 3.00 bits per heavy atom. The van der Waals surface area contributed by atoms with Gasteiger partial charge in [-0.3, -0.25) is 14.5 Å². The number of hydrogen-bond acceptors (Lipinski definition) is 5. The summed E-state index contributed by atoms with van der Waals surface area (Å²) in [5, 5.41) is 11.2. The minimum Gasteiger partial charge on any atom is -0.267 e. The third kappa shape index (κ3) is 2.98. The summed E-state index contributed by atoms with van der Waals surface area (Å²) < 4.78 is 15.5. The molecule has 0 aliphatic heterocycles. The van der Waals surface area contributed by atoms with Crippen molar-refractivity contribution in [2.24, 2.45) is 12.0 Å². The number of hydrogen-bond donors (Lipinski definition) is 1. The Morgan fingerprint density at radius 2 is 2.29 bits per heavy atom. The Bertz CT molecular complexity index is 988. The predicted molar refractivity (Wildman–Crippen MR) is 89.1 cm³/mol. The van der Waals surface area contributed by atoms with E-state index in [9.17, 15) is 9.18 Å². The van der Waals surface area contributed by atoms with Gasteiger partial charge in [0.1, 0.15) is 18.0 Å². The molecule has 0 saturated carbocycles. The van der Waals surface area contributed by atoms with Crippen LogP contribution in [0, 0.1) is 5.82 Å². The van der Waals surface area contributed by atoms with Gasteiger partial charge >= 0.3 is 0 Å². The first-order valence-corrected chi connectivity index (χ1v) is 7.27. The summed E-state index contributed by atoms with van der Waals surface area (Å²) >= 11 is 0. The number of rotatable bonds is 5. The maximum Gasteiger partial charge on any atom is 0.272 e. The van der Waals surface area contributed by atoms with E-state index in [4.69, 9.17) is 0 Å². The van der Waals surface area contributed by atoms with Crippen LogP contribution in [0.4, 0.5) is 10.1 Å². The van der Waals surface area contributed by atoms with E-state index in [0.29, 0.717) is 35.4 Å². The SMILES string of the molecule is C=CCC=Nc1cc(F)cc2c(=O)[nH]nc(Cc3ncnn3C)c12. The summed E-state index contributed by atoms with van der Waals surface area (Å²) in [5.41, 5.74) is 0.431. The van der Waals surface area contributed by atoms with E-state index < -0.39 is 11.4 Å². The second-order valence-electron chi connectivity index (χ2n) is 5.16. The zero-order chi connectivity index (χ0) is 17.1. The summed E-state index contributed by atoms with van der Waals surface area (Å²) in [5.74, 6) is 0.135. The van der Waals surface area contributed by atoms with Gasteiger partial charge in [0, 0.05) is 31.1 Å². The maximum absolute atomic E-state index is 13.9. The van der Waals surface area contributed by atoms with Gasteiger partial charge in [0.05, 0.1) is 23.2 Å². The lowest BCUT2D eigenvalue weighted by Crippen LogP contribution is -2.13. The molecule has 7 nitrogen and oxygen atoms in total. The molecule has 0 atom stereocenters. The first-order chi connectivity index (χ1) is 11.6. The first-order valence-electron chi connectivity index (χ1n) is 7.27. The summed E-state index contributed by atoms with van der Waals surface area (Å²) in [6.07, 6.45) is 5.59. The van der Waals surface area contributed by atoms with Crippen LogP contribution in [0.2, 0.25) is 0 Å². The molecule has 0 amide bonds. The van der Waals surface area contributed by atoms with Crippen molar-refractivity contribution < 1.29 is 4.39 Å². The number of aromatic amines is 1. The van der Waals surface area contributed by atoms with E-state index in [2.05, 4.69) is 31.9 Å². The van der Waals surface area contributed by atoms with Crippen LogP contribution in [-0.2, 0) is 13.5 Å². The van der Waals surface area contributed by atoms with Gasteiger partial charge in [-0.25, -0.2) is 14.5 Å². The third-order valence-electron chi connectivity index (χ3n) is 3.54. The lowest BCUT2D eigenvalue weighted by molar-refractivity contribution is 0.629. The average Bonchev–Trinajstić information content (AvgIpc) is 2.95. The zero-order valence-corrected chi connectivity index (χ0v) is 13.0. The minimum absolute atomic E-state index is 0.202. The normalized spacial score (nSPS) is 11.4. The van der Waals surface area contributed by atoms with Gasteiger partial charge < -0.3 is 0 Å². The quantitative estimate of drug-likeness (QED) is 0.574. The van der Waals surface area contributed by atoms with Crippen molar-refractivity contribution in [3.05, 3.63) is 58.8 Å². The van der Waals surface area contributed by atoms with E-state index in [0.717, 1.165) is 0 Å². The number of aliphatic imine (C=N–C) groups is 1. The topological polar surface area (TPSA) is 88.8 Å². The summed E-state index contributed by atoms with van der Waals surface area (Å²) in [6, 6.07) is 2.46. The molecule has 1 N–H and O–H groups in total. The molecule has 0 aliphatic rings. The van der Waals surface area contributed by atoms with Crippen LogP contribution >= 0.6 is 0 Å². The second-order valence-corrected chi connectivity index (χ2v) is 5.16. The summed E-state index contributed by atoms with van der Waals surface area (Å²) in [4.78, 5) is 20.5. The predicted octanol–water partition coefficient (Wildman–Crippen LogP) is 2.06. The number of H-pyrrole nitrogens is 1. The molecule has 24 heavy (non-hydrogen) atoms. The molecular weight excluding hydrogens is 311 g/mol. The van der Waals surface area contributed by atoms with Crippen LogP contribution in [0.1, 0.15) is 17.9 Å². The molecule has 1 aromatic carbocycles. The van der Waals surface area contributed by atoms with Crippen LogP contribution in [0.5, 0.6) is 0 Å². The van der Waals surface area contributed by atoms with Crippen LogP contribution < -0.4 is 5.56 Å². The zero-order valence-electron chi connectivity index (χ0n) is 13.0. The van der Waals surface area contributed by atoms with Gasteiger partial charge in [-0.05, 0) is 6.07 Å². The van der Waals surface area contributed by atoms with Crippen molar-refractivity contribution in [3.8, 4) is 0 Å². The van der Waals surface area contributed by atoms with E-state index in [1.54, 1.807) is 24.0 Å². The van der Waals surface area contributed by atoms with E-state index >= 15 is 0 Å². The van der Waals surface area contributed by atoms with Crippen molar-refractivity contribution >= 4 is 22.7 Å². The fraction of sp³-hybridized carbons (Fsp3) is 0.188. The van der Waals surface area contributed by atoms with Crippen LogP contribution in [0.15, 0.2) is 40.9 Å². The molecule has 0 radical (unpaired) electrons. The highest BCUT2D eigenvalue weighted by Crippen LogP contribution is 2.28. The number of nitrogens with one attached hydrogen (secondary N) is 1. The first kappa shape index (κ1) is 15.7. The largest absolute Gasteiger partial charge is 0.272 e. The van der Waals surface area contributed by atoms with Gasteiger partial charge in [-0.1, -0.05) is 6.08 Å². The molecule has 3 aromatic rings. The van der Waals surface area contributed by atoms with Gasteiger partial charge in [0.25, 0.3) is 5.56 Å². The second kappa shape index (κ2) is 6.53. The fourth-order valence-corrected chi connectivity index (χ4v) is 2.39. The van der Waals surface area contributed by atoms with Crippen molar-refractivity contribution in [1.29, 1.82) is 0 Å². The number of nitrogens with zero attached hydrogens (tertiary/aromatic N) is 5. The van der Waals surface area contributed by atoms with E-state index in [-0.39, 0.29) is 5.39 Å². The van der Waals surface area contributed by atoms with Gasteiger partial charge in [0.2, 0.25) is 0 Å². The molecule has 0 bridgehead atoms. The Morgan fingerprint density at radius 1 is 1.46 bits per heavy atom. The highest BCUT2D eigenvalue weighted by atomic mass is 19.1. The average molecular weight is 326 g/mol. The van der Waals surface area contributed by atoms with Gasteiger partial charge in [0.15, 0.2) is 0 Å². The Balaban J connectivity index is 2.22. The number of allylic oxidation sites excluding steroid dienone is 1. The highest BCUT2D eigenvalue weighted by molar-refractivity contribution is 5.95. The maximum atomic E-state index is 13.9. The summed E-state index contributed by atoms with van der Waals surface area (Å²) in [6.45, 7) is 3.61. The Kier molecular flexibility index (Phi) is 4.28. The molecule has 2 aromatic heterocycles. The smallest absolute Gasteiger partial charge is 0.267 e. The molecule has 0 saturated heterocycles. The van der Waals surface area contributed by atoms with Crippen LogP contribution in [0.25, 0.3) is 10.8 Å². The Labute approximate surface area is 136 Å². The van der Waals surface area contributed by atoms with Crippen molar-refractivity contribution in [3.63, 3.8) is 0 Å². The number of aromatic nitrogens is 5. The number of fused-ring (bicyclic) bond motifs is 1. The van der Waals surface area contributed by atoms with Crippen molar-refractivity contribution in [1.82, 2.24) is 25.0 Å². The third-order valence-corrected chi connectivity index (χ3v) is 3.54. The number of halogens is 1. The van der Waals surface area contributed by atoms with Crippen LogP contribution in [0.3, 0.4) is 0 Å². The molecule has 8 heteroatoms. The number of benzene rings is 1. The lowest BCUT2D eigenvalue weighted by Gasteiger charge is -2.08. The molecule has 2 heterocycles. The molecule has 0 aliphatic carbocycles. The van der Waals surface area contributed by atoms with Crippen molar-refractivity contribution in [2.75, 3.05) is 0 Å². The lowest BCUT2D eigenvalue weighted by atomic mass is 10.1. The van der Waals surface area contributed by atoms with Crippen molar-refractivity contribution in [2.45, 2.75) is 12.8 Å². The molecule has 122 valence electrons. The Hall–Kier alpha value is -3.16. The van der Waals surface area contributed by atoms with E-state index in [1.165, 1.54) is 18.5 Å². The molecule has 0 unspecified atom stereocenters. The van der Waals surface area contributed by atoms with Gasteiger partial charge in [-0.15, -0.1) is 6.58 Å². The summed E-state index contributed by atoms with van der Waals surface area (Å²) in [7, 11) is 1.76. The van der Waals surface area contributed by atoms with Gasteiger partial charge in [-0.2, -0.15) is 10.2 Å². The molecule has 0 spiro atoms. The highest BCUT2D eigenvalue weighted by Gasteiger charge is 2.15. The fourth-order valence-electron chi connectivity index (χ4n) is 2.39. The van der Waals surface area contributed by atoms with E-state index in [1.807, 2.05) is 0 Å². The monoisotopic (exact) mass is 326 g/mol. The standard InChI is InChI=1S/C16H15FN6O/c1-3-4-5-18-12-7-10(17)6-11-15(12)13(21-22-16(11)24)8-14-19-9-20-23(14)2/h3,5-7,9H,1,4,8H2,2H3,(H,22,24). The van der Waals surface area contributed by atoms with Crippen LogP contribution in [-0.4, -0.2) is 31.2 Å². The minimum atomic E-state index is -0.533. The molecular formula is C16H15FN6O. The molecule has 0 fully saturated rings. The molecule has 3 rings (SSSR count).